The molecule has 126 valence electrons. The average molecular weight is 431 g/mol. The van der Waals surface area contributed by atoms with Crippen LogP contribution in [0.2, 0.25) is 0 Å². The third-order valence-electron chi connectivity index (χ3n) is 4.19. The first-order valence-electron chi connectivity index (χ1n) is 7.84. The monoisotopic (exact) mass is 430 g/mol. The molecular weight excluding hydrogens is 416 g/mol. The zero-order valence-corrected chi connectivity index (χ0v) is 16.4. The van der Waals surface area contributed by atoms with Crippen molar-refractivity contribution in [3.05, 3.63) is 81.0 Å². The summed E-state index contributed by atoms with van der Waals surface area (Å²) < 4.78 is 1.11. The quantitative estimate of drug-likeness (QED) is 0.618. The van der Waals surface area contributed by atoms with Gasteiger partial charge in [-0.15, -0.1) is 11.3 Å². The van der Waals surface area contributed by atoms with E-state index in [1.165, 1.54) is 10.4 Å². The van der Waals surface area contributed by atoms with Crippen LogP contribution in [0.15, 0.2) is 64.8 Å². The first kappa shape index (κ1) is 16.6. The molecule has 0 radical (unpaired) electrons. The predicted octanol–water partition coefficient (Wildman–Crippen LogP) is 4.47. The zero-order chi connectivity index (χ0) is 17.2. The van der Waals surface area contributed by atoms with Gasteiger partial charge in [-0.05, 0) is 70.1 Å². The van der Waals surface area contributed by atoms with Crippen molar-refractivity contribution in [1.82, 2.24) is 20.2 Å². The molecule has 1 aliphatic heterocycles. The maximum atomic E-state index is 5.66. The van der Waals surface area contributed by atoms with E-state index >= 15 is 0 Å². The van der Waals surface area contributed by atoms with Gasteiger partial charge < -0.3 is 10.2 Å². The van der Waals surface area contributed by atoms with E-state index in [4.69, 9.17) is 12.2 Å². The highest BCUT2D eigenvalue weighted by Crippen LogP contribution is 2.42. The molecular formula is C18H15BrN4S2. The van der Waals surface area contributed by atoms with Crippen LogP contribution in [-0.2, 0) is 6.54 Å². The minimum Gasteiger partial charge on any atom is -0.352 e. The summed E-state index contributed by atoms with van der Waals surface area (Å²) in [7, 11) is 0. The third-order valence-corrected chi connectivity index (χ3v) is 6.23. The SMILES string of the molecule is S=C1N[C@H](c2ccccn2)[C@H](c2ccc(Br)s2)N1Cc1ccncc1. The molecule has 0 aromatic carbocycles. The van der Waals surface area contributed by atoms with E-state index in [0.717, 1.165) is 21.1 Å². The minimum absolute atomic E-state index is 0.0288. The zero-order valence-electron chi connectivity index (χ0n) is 13.2. The largest absolute Gasteiger partial charge is 0.352 e. The van der Waals surface area contributed by atoms with Crippen molar-refractivity contribution in [3.8, 4) is 0 Å². The molecule has 7 heteroatoms. The molecule has 25 heavy (non-hydrogen) atoms. The summed E-state index contributed by atoms with van der Waals surface area (Å²) in [5.41, 5.74) is 2.18. The number of pyridine rings is 2. The first-order valence-corrected chi connectivity index (χ1v) is 9.86. The van der Waals surface area contributed by atoms with Crippen LogP contribution in [0.3, 0.4) is 0 Å². The van der Waals surface area contributed by atoms with E-state index in [1.807, 2.05) is 48.9 Å². The Morgan fingerprint density at radius 1 is 1.12 bits per heavy atom. The van der Waals surface area contributed by atoms with Gasteiger partial charge >= 0.3 is 0 Å². The van der Waals surface area contributed by atoms with Crippen LogP contribution >= 0.6 is 39.5 Å². The summed E-state index contributed by atoms with van der Waals surface area (Å²) in [5.74, 6) is 0. The fourth-order valence-corrected chi connectivity index (χ4v) is 4.94. The molecule has 1 aliphatic rings. The topological polar surface area (TPSA) is 41.1 Å². The molecule has 0 aliphatic carbocycles. The lowest BCUT2D eigenvalue weighted by Crippen LogP contribution is -2.28. The highest BCUT2D eigenvalue weighted by atomic mass is 79.9. The number of thiocarbonyl (C=S) groups is 1. The molecule has 1 fully saturated rings. The highest BCUT2D eigenvalue weighted by molar-refractivity contribution is 9.11. The van der Waals surface area contributed by atoms with Crippen molar-refractivity contribution in [1.29, 1.82) is 0 Å². The van der Waals surface area contributed by atoms with Gasteiger partial charge in [0.15, 0.2) is 5.11 Å². The second kappa shape index (κ2) is 7.19. The van der Waals surface area contributed by atoms with Crippen molar-refractivity contribution < 1.29 is 0 Å². The summed E-state index contributed by atoms with van der Waals surface area (Å²) in [4.78, 5) is 12.1. The van der Waals surface area contributed by atoms with E-state index in [-0.39, 0.29) is 12.1 Å². The number of hydrogen-bond donors (Lipinski definition) is 1. The third kappa shape index (κ3) is 3.44. The lowest BCUT2D eigenvalue weighted by atomic mass is 10.0. The van der Waals surface area contributed by atoms with Crippen molar-refractivity contribution >= 4 is 44.6 Å². The van der Waals surface area contributed by atoms with E-state index in [0.29, 0.717) is 0 Å². The summed E-state index contributed by atoms with van der Waals surface area (Å²) in [6, 6.07) is 14.4. The molecule has 1 saturated heterocycles. The predicted molar refractivity (Wildman–Crippen MR) is 107 cm³/mol. The number of rotatable bonds is 4. The molecule has 2 atom stereocenters. The second-order valence-electron chi connectivity index (χ2n) is 5.75. The molecule has 1 N–H and O–H groups in total. The maximum Gasteiger partial charge on any atom is 0.170 e. The van der Waals surface area contributed by atoms with Gasteiger partial charge in [-0.25, -0.2) is 0 Å². The van der Waals surface area contributed by atoms with Crippen LogP contribution < -0.4 is 5.32 Å². The molecule has 0 saturated carbocycles. The Bertz CT molecular complexity index is 869. The van der Waals surface area contributed by atoms with Crippen LogP contribution in [0, 0.1) is 0 Å². The fraction of sp³-hybridized carbons (Fsp3) is 0.167. The van der Waals surface area contributed by atoms with Crippen LogP contribution in [0.1, 0.15) is 28.2 Å². The maximum absolute atomic E-state index is 5.66. The molecule has 4 rings (SSSR count). The van der Waals surface area contributed by atoms with Crippen LogP contribution in [-0.4, -0.2) is 20.0 Å². The summed E-state index contributed by atoms with van der Waals surface area (Å²) in [6.45, 7) is 0.734. The van der Waals surface area contributed by atoms with Gasteiger partial charge in [0, 0.05) is 30.0 Å². The summed E-state index contributed by atoms with van der Waals surface area (Å²) >= 11 is 11.0. The van der Waals surface area contributed by atoms with E-state index in [2.05, 4.69) is 48.2 Å². The Labute approximate surface area is 164 Å². The molecule has 0 amide bonds. The van der Waals surface area contributed by atoms with E-state index in [9.17, 15) is 0 Å². The molecule has 4 heterocycles. The Morgan fingerprint density at radius 3 is 2.64 bits per heavy atom. The average Bonchev–Trinajstić information content (AvgIpc) is 3.20. The molecule has 0 bridgehead atoms. The van der Waals surface area contributed by atoms with Crippen LogP contribution in [0.4, 0.5) is 0 Å². The van der Waals surface area contributed by atoms with Gasteiger partial charge in [0.05, 0.1) is 21.6 Å². The Hall–Kier alpha value is -1.83. The van der Waals surface area contributed by atoms with Gasteiger partial charge in [0.25, 0.3) is 0 Å². The fourth-order valence-electron chi connectivity index (χ4n) is 3.06. The first-order chi connectivity index (χ1) is 12.2. The number of thiophene rings is 1. The Morgan fingerprint density at radius 2 is 1.96 bits per heavy atom. The molecule has 4 nitrogen and oxygen atoms in total. The highest BCUT2D eigenvalue weighted by Gasteiger charge is 2.40. The normalized spacial score (nSPS) is 19.9. The molecule has 0 unspecified atom stereocenters. The van der Waals surface area contributed by atoms with Crippen molar-refractivity contribution in [2.45, 2.75) is 18.6 Å². The van der Waals surface area contributed by atoms with E-state index < -0.39 is 0 Å². The van der Waals surface area contributed by atoms with Gasteiger partial charge in [-0.1, -0.05) is 6.07 Å². The van der Waals surface area contributed by atoms with Gasteiger partial charge in [-0.2, -0.15) is 0 Å². The summed E-state index contributed by atoms with van der Waals surface area (Å²) in [5, 5.41) is 4.22. The Balaban J connectivity index is 1.72. The van der Waals surface area contributed by atoms with Crippen LogP contribution in [0.5, 0.6) is 0 Å². The standard InChI is InChI=1S/C18H15BrN4S2/c19-15-5-4-14(25-15)17-16(13-3-1-2-8-21-13)22-18(24)23(17)11-12-6-9-20-10-7-12/h1-10,16-17H,11H2,(H,22,24)/t16-,17+/m1/s1. The van der Waals surface area contributed by atoms with Crippen molar-refractivity contribution in [3.63, 3.8) is 0 Å². The second-order valence-corrected chi connectivity index (χ2v) is 8.63. The van der Waals surface area contributed by atoms with Gasteiger partial charge in [-0.3, -0.25) is 9.97 Å². The molecule has 3 aromatic rings. The van der Waals surface area contributed by atoms with Crippen molar-refractivity contribution in [2.75, 3.05) is 0 Å². The molecule has 3 aromatic heterocycles. The number of halogens is 1. The number of nitrogens with zero attached hydrogens (tertiary/aromatic N) is 3. The van der Waals surface area contributed by atoms with E-state index in [1.54, 1.807) is 11.3 Å². The van der Waals surface area contributed by atoms with Crippen molar-refractivity contribution in [2.24, 2.45) is 0 Å². The van der Waals surface area contributed by atoms with Gasteiger partial charge in [0.2, 0.25) is 0 Å². The van der Waals surface area contributed by atoms with Gasteiger partial charge in [0.1, 0.15) is 0 Å². The lowest BCUT2D eigenvalue weighted by molar-refractivity contribution is 0.315. The lowest BCUT2D eigenvalue weighted by Gasteiger charge is -2.26. The Kier molecular flexibility index (Phi) is 4.78. The number of hydrogen-bond acceptors (Lipinski definition) is 4. The minimum atomic E-state index is 0.0288. The smallest absolute Gasteiger partial charge is 0.170 e. The molecule has 0 spiro atoms. The van der Waals surface area contributed by atoms with Crippen LogP contribution in [0.25, 0.3) is 0 Å². The number of nitrogens with one attached hydrogen (secondary N) is 1. The number of aromatic nitrogens is 2. The summed E-state index contributed by atoms with van der Waals surface area (Å²) in [6.07, 6.45) is 5.46.